The van der Waals surface area contributed by atoms with E-state index in [-0.39, 0.29) is 0 Å². The topological polar surface area (TPSA) is 20.3 Å². The van der Waals surface area contributed by atoms with Gasteiger partial charge < -0.3 is 4.90 Å². The summed E-state index contributed by atoms with van der Waals surface area (Å²) >= 11 is 6.14. The Morgan fingerprint density at radius 2 is 2.33 bits per heavy atom. The zero-order valence-corrected chi connectivity index (χ0v) is 9.50. The summed E-state index contributed by atoms with van der Waals surface area (Å²) < 4.78 is 0. The van der Waals surface area contributed by atoms with Gasteiger partial charge in [-0.1, -0.05) is 24.6 Å². The van der Waals surface area contributed by atoms with Gasteiger partial charge in [0.05, 0.1) is 10.7 Å². The highest BCUT2D eigenvalue weighted by molar-refractivity contribution is 6.33. The van der Waals surface area contributed by atoms with Gasteiger partial charge in [0, 0.05) is 18.7 Å². The maximum Gasteiger partial charge on any atom is 0.152 e. The van der Waals surface area contributed by atoms with Crippen molar-refractivity contribution < 1.29 is 4.79 Å². The van der Waals surface area contributed by atoms with Crippen molar-refractivity contribution in [2.24, 2.45) is 5.92 Å². The van der Waals surface area contributed by atoms with Gasteiger partial charge in [-0.15, -0.1) is 0 Å². The molecule has 2 rings (SSSR count). The van der Waals surface area contributed by atoms with Crippen molar-refractivity contribution in [2.75, 3.05) is 18.0 Å². The lowest BCUT2D eigenvalue weighted by Gasteiger charge is -2.21. The Balaban J connectivity index is 2.37. The van der Waals surface area contributed by atoms with E-state index in [2.05, 4.69) is 11.8 Å². The fourth-order valence-corrected chi connectivity index (χ4v) is 2.40. The second kappa shape index (κ2) is 4.23. The third-order valence-electron chi connectivity index (χ3n) is 2.89. The molecule has 0 amide bonds. The first-order valence-electron chi connectivity index (χ1n) is 5.21. The molecule has 0 aromatic heterocycles. The summed E-state index contributed by atoms with van der Waals surface area (Å²) in [5.74, 6) is 0.681. The number of nitrogens with zero attached hydrogens (tertiary/aromatic N) is 1. The van der Waals surface area contributed by atoms with Crippen molar-refractivity contribution in [3.05, 3.63) is 28.8 Å². The van der Waals surface area contributed by atoms with Gasteiger partial charge in [-0.05, 0) is 24.5 Å². The molecule has 2 nitrogen and oxygen atoms in total. The smallest absolute Gasteiger partial charge is 0.152 e. The molecule has 1 unspecified atom stereocenters. The monoisotopic (exact) mass is 223 g/mol. The normalized spacial score (nSPS) is 20.7. The molecule has 1 aliphatic heterocycles. The third-order valence-corrected chi connectivity index (χ3v) is 3.19. The molecule has 1 aliphatic rings. The van der Waals surface area contributed by atoms with Gasteiger partial charge >= 0.3 is 0 Å². The van der Waals surface area contributed by atoms with Crippen LogP contribution in [-0.4, -0.2) is 19.4 Å². The summed E-state index contributed by atoms with van der Waals surface area (Å²) in [7, 11) is 0. The van der Waals surface area contributed by atoms with Crippen LogP contribution in [0.15, 0.2) is 18.2 Å². The minimum absolute atomic E-state index is 0.675. The number of anilines is 1. The number of carbonyl (C=O) groups is 1. The maximum absolute atomic E-state index is 10.9. The van der Waals surface area contributed by atoms with Gasteiger partial charge in [-0.25, -0.2) is 0 Å². The summed E-state index contributed by atoms with van der Waals surface area (Å²) in [6.07, 6.45) is 2.05. The van der Waals surface area contributed by atoms with Gasteiger partial charge in [0.1, 0.15) is 0 Å². The Morgan fingerprint density at radius 1 is 1.53 bits per heavy atom. The van der Waals surface area contributed by atoms with Crippen LogP contribution in [0.1, 0.15) is 23.7 Å². The number of aldehydes is 1. The largest absolute Gasteiger partial charge is 0.369 e. The fourth-order valence-electron chi connectivity index (χ4n) is 2.10. The molecule has 1 atom stereocenters. The molecule has 0 N–H and O–H groups in total. The highest BCUT2D eigenvalue weighted by atomic mass is 35.5. The highest BCUT2D eigenvalue weighted by Gasteiger charge is 2.22. The third kappa shape index (κ3) is 2.00. The van der Waals surface area contributed by atoms with Crippen molar-refractivity contribution in [1.29, 1.82) is 0 Å². The van der Waals surface area contributed by atoms with Gasteiger partial charge in [0.15, 0.2) is 6.29 Å². The van der Waals surface area contributed by atoms with Crippen molar-refractivity contribution in [2.45, 2.75) is 13.3 Å². The molecule has 1 heterocycles. The first-order valence-corrected chi connectivity index (χ1v) is 5.59. The average Bonchev–Trinajstić information content (AvgIpc) is 2.64. The lowest BCUT2D eigenvalue weighted by atomic mass is 10.1. The summed E-state index contributed by atoms with van der Waals surface area (Å²) in [6.45, 7) is 4.20. The van der Waals surface area contributed by atoms with E-state index in [1.54, 1.807) is 0 Å². The second-order valence-electron chi connectivity index (χ2n) is 4.14. The lowest BCUT2D eigenvalue weighted by Crippen LogP contribution is -2.20. The second-order valence-corrected chi connectivity index (χ2v) is 4.54. The van der Waals surface area contributed by atoms with Crippen LogP contribution in [0.5, 0.6) is 0 Å². The predicted molar refractivity (Wildman–Crippen MR) is 62.8 cm³/mol. The van der Waals surface area contributed by atoms with E-state index >= 15 is 0 Å². The van der Waals surface area contributed by atoms with Crippen LogP contribution >= 0.6 is 11.6 Å². The summed E-state index contributed by atoms with van der Waals surface area (Å²) in [4.78, 5) is 13.1. The molecular formula is C12H14ClNO. The summed E-state index contributed by atoms with van der Waals surface area (Å²) in [6, 6.07) is 5.47. The minimum atomic E-state index is 0.675. The molecule has 0 radical (unpaired) electrons. The molecule has 1 saturated heterocycles. The Morgan fingerprint density at radius 3 is 2.93 bits per heavy atom. The van der Waals surface area contributed by atoms with E-state index in [0.717, 1.165) is 25.1 Å². The number of hydrogen-bond acceptors (Lipinski definition) is 2. The quantitative estimate of drug-likeness (QED) is 0.719. The zero-order valence-electron chi connectivity index (χ0n) is 8.74. The van der Waals surface area contributed by atoms with Crippen LogP contribution in [0.2, 0.25) is 5.02 Å². The first kappa shape index (κ1) is 10.5. The van der Waals surface area contributed by atoms with E-state index in [1.807, 2.05) is 18.2 Å². The molecule has 0 spiro atoms. The van der Waals surface area contributed by atoms with E-state index < -0.39 is 0 Å². The predicted octanol–water partition coefficient (Wildman–Crippen LogP) is 3.00. The van der Waals surface area contributed by atoms with Gasteiger partial charge in [-0.3, -0.25) is 4.79 Å². The molecule has 1 fully saturated rings. The van der Waals surface area contributed by atoms with E-state index in [1.165, 1.54) is 6.42 Å². The van der Waals surface area contributed by atoms with Crippen LogP contribution in [0.25, 0.3) is 0 Å². The molecule has 0 saturated carbocycles. The molecule has 0 bridgehead atoms. The maximum atomic E-state index is 10.9. The van der Waals surface area contributed by atoms with Crippen LogP contribution in [-0.2, 0) is 0 Å². The summed E-state index contributed by atoms with van der Waals surface area (Å²) in [5.41, 5.74) is 1.59. The number of carbonyl (C=O) groups excluding carboxylic acids is 1. The molecule has 3 heteroatoms. The van der Waals surface area contributed by atoms with Gasteiger partial charge in [0.25, 0.3) is 0 Å². The highest BCUT2D eigenvalue weighted by Crippen LogP contribution is 2.32. The van der Waals surface area contributed by atoms with E-state index in [4.69, 9.17) is 11.6 Å². The minimum Gasteiger partial charge on any atom is -0.369 e. The summed E-state index contributed by atoms with van der Waals surface area (Å²) in [5, 5.41) is 0.675. The van der Waals surface area contributed by atoms with Crippen LogP contribution in [0.4, 0.5) is 5.69 Å². The van der Waals surface area contributed by atoms with Crippen molar-refractivity contribution in [3.8, 4) is 0 Å². The zero-order chi connectivity index (χ0) is 10.8. The fraction of sp³-hybridized carbons (Fsp3) is 0.417. The average molecular weight is 224 g/mol. The van der Waals surface area contributed by atoms with Crippen molar-refractivity contribution >= 4 is 23.6 Å². The lowest BCUT2D eigenvalue weighted by molar-refractivity contribution is 0.112. The Labute approximate surface area is 94.8 Å². The van der Waals surface area contributed by atoms with E-state index in [9.17, 15) is 4.79 Å². The molecule has 1 aromatic rings. The van der Waals surface area contributed by atoms with Gasteiger partial charge in [0.2, 0.25) is 0 Å². The first-order chi connectivity index (χ1) is 7.22. The van der Waals surface area contributed by atoms with Crippen LogP contribution in [0, 0.1) is 5.92 Å². The Hall–Kier alpha value is -1.02. The van der Waals surface area contributed by atoms with Gasteiger partial charge in [-0.2, -0.15) is 0 Å². The molecule has 0 aliphatic carbocycles. The van der Waals surface area contributed by atoms with Crippen molar-refractivity contribution in [3.63, 3.8) is 0 Å². The van der Waals surface area contributed by atoms with Crippen LogP contribution in [0.3, 0.4) is 0 Å². The van der Waals surface area contributed by atoms with E-state index in [0.29, 0.717) is 16.5 Å². The number of halogens is 1. The number of hydrogen-bond donors (Lipinski definition) is 0. The SMILES string of the molecule is CC1CCN(c2c(Cl)cccc2C=O)C1. The molecule has 80 valence electrons. The van der Waals surface area contributed by atoms with Crippen molar-refractivity contribution in [1.82, 2.24) is 0 Å². The number of rotatable bonds is 2. The molecule has 1 aromatic carbocycles. The molecule has 15 heavy (non-hydrogen) atoms. The standard InChI is InChI=1S/C12H14ClNO/c1-9-5-6-14(7-9)12-10(8-15)3-2-4-11(12)13/h2-4,8-9H,5-7H2,1H3. The van der Waals surface area contributed by atoms with Crippen LogP contribution < -0.4 is 4.90 Å². The Kier molecular flexibility index (Phi) is 2.96. The molecular weight excluding hydrogens is 210 g/mol. The number of benzene rings is 1. The number of para-hydroxylation sites is 1. The Bertz CT molecular complexity index is 378.